The molecule has 0 aliphatic rings. The number of nitrogens with zero attached hydrogens (tertiary/aromatic N) is 1. The van der Waals surface area contributed by atoms with Crippen molar-refractivity contribution in [2.24, 2.45) is 0 Å². The Labute approximate surface area is 176 Å². The van der Waals surface area contributed by atoms with Crippen LogP contribution in [0.3, 0.4) is 0 Å². The molecule has 1 N–H and O–H groups in total. The van der Waals surface area contributed by atoms with Crippen molar-refractivity contribution in [3.8, 4) is 17.2 Å². The lowest BCUT2D eigenvalue weighted by atomic mass is 10.1. The Morgan fingerprint density at radius 2 is 1.81 bits per heavy atom. The summed E-state index contributed by atoms with van der Waals surface area (Å²) in [6.45, 7) is 3.86. The molecule has 0 aliphatic carbocycles. The monoisotopic (exact) mass is 442 g/mol. The highest BCUT2D eigenvalue weighted by Crippen LogP contribution is 2.37. The predicted octanol–water partition coefficient (Wildman–Crippen LogP) is 5.06. The SMILES string of the molecule is CCCOc1ccc(C(F)(F)F)cc1NC(=O)c1cc(OCC)c(OC)cc1[N+](=O)[O-]. The zero-order valence-corrected chi connectivity index (χ0v) is 17.0. The summed E-state index contributed by atoms with van der Waals surface area (Å²) in [5.41, 5.74) is -2.28. The van der Waals surface area contributed by atoms with E-state index in [-0.39, 0.29) is 36.1 Å². The van der Waals surface area contributed by atoms with E-state index in [2.05, 4.69) is 5.32 Å². The molecule has 0 unspecified atom stereocenters. The quantitative estimate of drug-likeness (QED) is 0.430. The highest BCUT2D eigenvalue weighted by atomic mass is 19.4. The normalized spacial score (nSPS) is 11.0. The van der Waals surface area contributed by atoms with Gasteiger partial charge in [0, 0.05) is 6.07 Å². The minimum Gasteiger partial charge on any atom is -0.493 e. The number of rotatable bonds is 9. The first kappa shape index (κ1) is 23.8. The number of benzene rings is 2. The Kier molecular flexibility index (Phi) is 7.67. The molecule has 0 radical (unpaired) electrons. The number of hydrogen-bond acceptors (Lipinski definition) is 6. The zero-order chi connectivity index (χ0) is 23.2. The number of carbonyl (C=O) groups excluding carboxylic acids is 1. The smallest absolute Gasteiger partial charge is 0.416 e. The standard InChI is InChI=1S/C20H21F3N2O6/c1-4-8-31-16-7-6-12(20(21,22)23)9-14(16)24-19(26)13-10-18(30-5-2)17(29-3)11-15(13)25(27)28/h6-7,9-11H,4-5,8H2,1-3H3,(H,24,26). The minimum absolute atomic E-state index is 0.00407. The van der Waals surface area contributed by atoms with Crippen LogP contribution in [0.5, 0.6) is 17.2 Å². The van der Waals surface area contributed by atoms with Crippen LogP contribution in [0.1, 0.15) is 36.2 Å². The Balaban J connectivity index is 2.52. The van der Waals surface area contributed by atoms with Crippen LogP contribution in [0, 0.1) is 10.1 Å². The maximum atomic E-state index is 13.1. The highest BCUT2D eigenvalue weighted by Gasteiger charge is 2.32. The summed E-state index contributed by atoms with van der Waals surface area (Å²) < 4.78 is 55.2. The number of nitro benzene ring substituents is 1. The van der Waals surface area contributed by atoms with Crippen molar-refractivity contribution >= 4 is 17.3 Å². The second-order valence-corrected chi connectivity index (χ2v) is 6.22. The Morgan fingerprint density at radius 1 is 1.10 bits per heavy atom. The molecule has 0 saturated carbocycles. The number of anilines is 1. The van der Waals surface area contributed by atoms with Gasteiger partial charge in [-0.3, -0.25) is 14.9 Å². The third kappa shape index (κ3) is 5.77. The molecule has 0 spiro atoms. The lowest BCUT2D eigenvalue weighted by Gasteiger charge is -2.16. The van der Waals surface area contributed by atoms with E-state index in [1.54, 1.807) is 13.8 Å². The maximum absolute atomic E-state index is 13.1. The number of halogens is 3. The second kappa shape index (κ2) is 10.0. The molecule has 1 amide bonds. The molecular weight excluding hydrogens is 421 g/mol. The van der Waals surface area contributed by atoms with E-state index in [0.29, 0.717) is 12.5 Å². The third-order valence-corrected chi connectivity index (χ3v) is 4.04. The van der Waals surface area contributed by atoms with Gasteiger partial charge in [-0.25, -0.2) is 0 Å². The van der Waals surface area contributed by atoms with Crippen molar-refractivity contribution in [3.63, 3.8) is 0 Å². The Bertz CT molecular complexity index is 963. The molecule has 2 aromatic carbocycles. The molecule has 0 saturated heterocycles. The second-order valence-electron chi connectivity index (χ2n) is 6.22. The number of ether oxygens (including phenoxy) is 3. The van der Waals surface area contributed by atoms with E-state index in [0.717, 1.165) is 24.3 Å². The van der Waals surface area contributed by atoms with E-state index in [4.69, 9.17) is 14.2 Å². The number of alkyl halides is 3. The van der Waals surface area contributed by atoms with Crippen LogP contribution in [-0.4, -0.2) is 31.2 Å². The minimum atomic E-state index is -4.66. The number of nitro groups is 1. The van der Waals surface area contributed by atoms with Gasteiger partial charge in [-0.1, -0.05) is 6.92 Å². The van der Waals surface area contributed by atoms with Crippen LogP contribution >= 0.6 is 0 Å². The maximum Gasteiger partial charge on any atom is 0.416 e. The molecule has 2 rings (SSSR count). The first-order valence-electron chi connectivity index (χ1n) is 9.26. The van der Waals surface area contributed by atoms with Crippen LogP contribution in [-0.2, 0) is 6.18 Å². The van der Waals surface area contributed by atoms with Gasteiger partial charge in [-0.15, -0.1) is 0 Å². The van der Waals surface area contributed by atoms with E-state index in [1.165, 1.54) is 7.11 Å². The largest absolute Gasteiger partial charge is 0.493 e. The van der Waals surface area contributed by atoms with Crippen molar-refractivity contribution in [2.45, 2.75) is 26.4 Å². The lowest BCUT2D eigenvalue weighted by Crippen LogP contribution is -2.16. The fraction of sp³-hybridized carbons (Fsp3) is 0.350. The number of amides is 1. The van der Waals surface area contributed by atoms with Crippen LogP contribution in [0.4, 0.5) is 24.5 Å². The van der Waals surface area contributed by atoms with Crippen molar-refractivity contribution in [2.75, 3.05) is 25.6 Å². The van der Waals surface area contributed by atoms with Gasteiger partial charge >= 0.3 is 6.18 Å². The fourth-order valence-corrected chi connectivity index (χ4v) is 2.64. The van der Waals surface area contributed by atoms with Crippen LogP contribution in [0.2, 0.25) is 0 Å². The molecule has 0 aliphatic heterocycles. The van der Waals surface area contributed by atoms with E-state index in [9.17, 15) is 28.1 Å². The number of hydrogen-bond donors (Lipinski definition) is 1. The fourth-order valence-electron chi connectivity index (χ4n) is 2.64. The molecule has 0 heterocycles. The molecule has 2 aromatic rings. The Hall–Kier alpha value is -3.50. The van der Waals surface area contributed by atoms with E-state index in [1.807, 2.05) is 0 Å². The van der Waals surface area contributed by atoms with Crippen molar-refractivity contribution in [3.05, 3.63) is 51.6 Å². The van der Waals surface area contributed by atoms with Crippen LogP contribution in [0.15, 0.2) is 30.3 Å². The molecule has 31 heavy (non-hydrogen) atoms. The summed E-state index contributed by atoms with van der Waals surface area (Å²) in [4.78, 5) is 23.5. The van der Waals surface area contributed by atoms with E-state index < -0.39 is 33.8 Å². The van der Waals surface area contributed by atoms with Gasteiger partial charge in [-0.05, 0) is 31.5 Å². The van der Waals surface area contributed by atoms with Gasteiger partial charge < -0.3 is 19.5 Å². The summed E-state index contributed by atoms with van der Waals surface area (Å²) in [7, 11) is 1.28. The van der Waals surface area contributed by atoms with Gasteiger partial charge in [0.05, 0.1) is 42.6 Å². The average molecular weight is 442 g/mol. The van der Waals surface area contributed by atoms with Crippen LogP contribution in [0.25, 0.3) is 0 Å². The summed E-state index contributed by atoms with van der Waals surface area (Å²) in [6, 6.07) is 4.74. The number of methoxy groups -OCH3 is 1. The van der Waals surface area contributed by atoms with Crippen molar-refractivity contribution in [1.29, 1.82) is 0 Å². The molecular formula is C20H21F3N2O6. The van der Waals surface area contributed by atoms with Crippen molar-refractivity contribution < 1.29 is 37.1 Å². The molecule has 8 nitrogen and oxygen atoms in total. The summed E-state index contributed by atoms with van der Waals surface area (Å²) in [5.74, 6) is -0.885. The Morgan fingerprint density at radius 3 is 2.35 bits per heavy atom. The molecule has 168 valence electrons. The van der Waals surface area contributed by atoms with Gasteiger partial charge in [0.15, 0.2) is 11.5 Å². The topological polar surface area (TPSA) is 99.9 Å². The van der Waals surface area contributed by atoms with Gasteiger partial charge in [0.2, 0.25) is 0 Å². The number of carbonyl (C=O) groups is 1. The first-order chi connectivity index (χ1) is 14.6. The number of nitrogens with one attached hydrogen (secondary N) is 1. The van der Waals surface area contributed by atoms with Crippen molar-refractivity contribution in [1.82, 2.24) is 0 Å². The molecule has 11 heteroatoms. The average Bonchev–Trinajstić information content (AvgIpc) is 2.71. The molecule has 0 aromatic heterocycles. The summed E-state index contributed by atoms with van der Waals surface area (Å²) >= 11 is 0. The summed E-state index contributed by atoms with van der Waals surface area (Å²) in [5, 5.41) is 13.8. The molecule has 0 fully saturated rings. The highest BCUT2D eigenvalue weighted by molar-refractivity contribution is 6.08. The zero-order valence-electron chi connectivity index (χ0n) is 17.0. The summed E-state index contributed by atoms with van der Waals surface area (Å²) in [6.07, 6.45) is -4.08. The van der Waals surface area contributed by atoms with Gasteiger partial charge in [0.1, 0.15) is 11.3 Å². The molecule has 0 atom stereocenters. The third-order valence-electron chi connectivity index (χ3n) is 4.04. The first-order valence-corrected chi connectivity index (χ1v) is 9.26. The predicted molar refractivity (Wildman–Crippen MR) is 106 cm³/mol. The van der Waals surface area contributed by atoms with Gasteiger partial charge in [0.25, 0.3) is 11.6 Å². The molecule has 0 bridgehead atoms. The van der Waals surface area contributed by atoms with Crippen LogP contribution < -0.4 is 19.5 Å². The van der Waals surface area contributed by atoms with E-state index >= 15 is 0 Å². The van der Waals surface area contributed by atoms with Gasteiger partial charge in [-0.2, -0.15) is 13.2 Å². The lowest BCUT2D eigenvalue weighted by molar-refractivity contribution is -0.385.